The lowest BCUT2D eigenvalue weighted by atomic mass is 10.1. The summed E-state index contributed by atoms with van der Waals surface area (Å²) in [6.07, 6.45) is -2.27. The molecular weight excluding hydrogens is 569 g/mol. The first-order chi connectivity index (χ1) is 20.1. The van der Waals surface area contributed by atoms with E-state index < -0.39 is 11.7 Å². The molecule has 0 aromatic heterocycles. The lowest BCUT2D eigenvalue weighted by molar-refractivity contribution is -0.137. The Kier molecular flexibility index (Phi) is 9.95. The number of hydrogen-bond acceptors (Lipinski definition) is 6. The zero-order valence-corrected chi connectivity index (χ0v) is 24.2. The van der Waals surface area contributed by atoms with Crippen LogP contribution in [0.1, 0.15) is 36.1 Å². The van der Waals surface area contributed by atoms with E-state index in [0.717, 1.165) is 17.7 Å². The fourth-order valence-corrected chi connectivity index (χ4v) is 4.64. The molecule has 1 N–H and O–H groups in total. The van der Waals surface area contributed by atoms with Gasteiger partial charge < -0.3 is 24.3 Å². The highest BCUT2D eigenvalue weighted by Gasteiger charge is 2.31. The summed E-state index contributed by atoms with van der Waals surface area (Å²) in [6.45, 7) is 5.15. The van der Waals surface area contributed by atoms with E-state index in [0.29, 0.717) is 65.4 Å². The molecule has 0 radical (unpaired) electrons. The molecule has 3 aromatic carbocycles. The molecule has 0 spiro atoms. The van der Waals surface area contributed by atoms with Gasteiger partial charge in [-0.15, -0.1) is 0 Å². The Balaban J connectivity index is 1.45. The van der Waals surface area contributed by atoms with Crippen molar-refractivity contribution < 1.29 is 36.9 Å². The van der Waals surface area contributed by atoms with E-state index >= 15 is 0 Å². The summed E-state index contributed by atoms with van der Waals surface area (Å²) in [5.41, 5.74) is 1.72. The fraction of sp³-hybridized carbons (Fsp3) is 0.290. The Bertz CT molecular complexity index is 1480. The topological polar surface area (TPSA) is 69.3 Å². The number of ether oxygens (including phenoxy) is 4. The number of benzene rings is 3. The van der Waals surface area contributed by atoms with Crippen LogP contribution in [0.5, 0.6) is 23.0 Å². The number of carbonyl (C=O) groups is 1. The van der Waals surface area contributed by atoms with Crippen LogP contribution in [0.25, 0.3) is 6.08 Å². The number of methoxy groups -OCH3 is 1. The van der Waals surface area contributed by atoms with Crippen LogP contribution in [0.4, 0.5) is 13.2 Å². The minimum Gasteiger partial charge on any atom is -0.496 e. The molecule has 42 heavy (non-hydrogen) atoms. The molecule has 0 aliphatic carbocycles. The van der Waals surface area contributed by atoms with Gasteiger partial charge in [0.2, 0.25) is 0 Å². The minimum absolute atomic E-state index is 0.0424. The summed E-state index contributed by atoms with van der Waals surface area (Å²) >= 11 is 5.43. The number of rotatable bonds is 12. The van der Waals surface area contributed by atoms with Crippen LogP contribution >= 0.6 is 12.2 Å². The van der Waals surface area contributed by atoms with Gasteiger partial charge in [0.05, 0.1) is 25.9 Å². The van der Waals surface area contributed by atoms with Gasteiger partial charge in [0.1, 0.15) is 23.8 Å². The summed E-state index contributed by atoms with van der Waals surface area (Å²) in [4.78, 5) is 14.7. The van der Waals surface area contributed by atoms with Crippen molar-refractivity contribution in [2.24, 2.45) is 0 Å². The fourth-order valence-electron chi connectivity index (χ4n) is 4.36. The second-order valence-corrected chi connectivity index (χ2v) is 9.61. The van der Waals surface area contributed by atoms with Gasteiger partial charge in [0, 0.05) is 12.1 Å². The molecule has 0 bridgehead atoms. The molecule has 3 aromatic rings. The second-order valence-electron chi connectivity index (χ2n) is 9.23. The summed E-state index contributed by atoms with van der Waals surface area (Å²) in [5, 5.41) is 3.27. The molecular formula is C31H31F3N2O5S. The largest absolute Gasteiger partial charge is 0.496 e. The molecule has 1 heterocycles. The van der Waals surface area contributed by atoms with Crippen LogP contribution in [0.15, 0.2) is 66.4 Å². The Labute approximate surface area is 247 Å². The first-order valence-electron chi connectivity index (χ1n) is 13.3. The summed E-state index contributed by atoms with van der Waals surface area (Å²) in [6, 6.07) is 15.6. The van der Waals surface area contributed by atoms with Crippen molar-refractivity contribution in [3.63, 3.8) is 0 Å². The Morgan fingerprint density at radius 2 is 1.67 bits per heavy atom. The Morgan fingerprint density at radius 3 is 2.38 bits per heavy atom. The Hall–Kier alpha value is -4.25. The predicted octanol–water partition coefficient (Wildman–Crippen LogP) is 6.39. The maximum absolute atomic E-state index is 13.2. The van der Waals surface area contributed by atoms with Crippen LogP contribution in [-0.2, 0) is 24.0 Å². The number of thiocarbonyl (C=S) groups is 1. The van der Waals surface area contributed by atoms with E-state index in [2.05, 4.69) is 5.32 Å². The number of nitrogens with one attached hydrogen (secondary N) is 1. The summed E-state index contributed by atoms with van der Waals surface area (Å²) in [5.74, 6) is 1.62. The van der Waals surface area contributed by atoms with Gasteiger partial charge in [-0.2, -0.15) is 13.2 Å². The summed E-state index contributed by atoms with van der Waals surface area (Å²) < 4.78 is 61.6. The van der Waals surface area contributed by atoms with E-state index in [-0.39, 0.29) is 18.3 Å². The van der Waals surface area contributed by atoms with Crippen LogP contribution in [0, 0.1) is 0 Å². The number of amides is 1. The van der Waals surface area contributed by atoms with Crippen LogP contribution < -0.4 is 24.3 Å². The molecule has 0 unspecified atom stereocenters. The average molecular weight is 601 g/mol. The molecule has 1 aliphatic rings. The maximum Gasteiger partial charge on any atom is 0.416 e. The van der Waals surface area contributed by atoms with Crippen LogP contribution in [0.2, 0.25) is 0 Å². The summed E-state index contributed by atoms with van der Waals surface area (Å²) in [7, 11) is 1.49. The van der Waals surface area contributed by atoms with Crippen molar-refractivity contribution in [1.29, 1.82) is 0 Å². The molecule has 11 heteroatoms. The van der Waals surface area contributed by atoms with Crippen molar-refractivity contribution in [3.05, 3.63) is 88.6 Å². The zero-order chi connectivity index (χ0) is 30.3. The number of nitrogens with zero attached hydrogens (tertiary/aromatic N) is 1. The normalized spacial score (nSPS) is 14.2. The molecule has 1 fully saturated rings. The monoisotopic (exact) mass is 600 g/mol. The molecule has 0 atom stereocenters. The molecule has 4 rings (SSSR count). The lowest BCUT2D eigenvalue weighted by Gasteiger charge is -2.16. The number of carbonyl (C=O) groups excluding carboxylic acids is 1. The predicted molar refractivity (Wildman–Crippen MR) is 157 cm³/mol. The molecule has 1 aliphatic heterocycles. The van der Waals surface area contributed by atoms with Gasteiger partial charge in [-0.05, 0) is 92.2 Å². The molecule has 222 valence electrons. The first-order valence-corrected chi connectivity index (χ1v) is 13.7. The van der Waals surface area contributed by atoms with Gasteiger partial charge >= 0.3 is 6.18 Å². The molecule has 7 nitrogen and oxygen atoms in total. The van der Waals surface area contributed by atoms with Crippen molar-refractivity contribution in [3.8, 4) is 23.0 Å². The van der Waals surface area contributed by atoms with E-state index in [1.165, 1.54) is 24.1 Å². The van der Waals surface area contributed by atoms with Crippen LogP contribution in [0.3, 0.4) is 0 Å². The van der Waals surface area contributed by atoms with E-state index in [1.807, 2.05) is 32.0 Å². The number of hydrogen-bond donors (Lipinski definition) is 1. The van der Waals surface area contributed by atoms with Gasteiger partial charge in [-0.25, -0.2) is 0 Å². The van der Waals surface area contributed by atoms with Gasteiger partial charge in [0.25, 0.3) is 5.91 Å². The standard InChI is InChI=1S/C31H31F3N2O5S/c1-4-39-27-12-9-20(17-28(27)40-5-2)13-14-36-29(37)25(35-30(36)42)16-21-10-11-26(38-3)22(15-21)19-41-24-8-6-7-23(18-24)31(32,33)34/h6-12,15-18H,4-5,13-14,19H2,1-3H3,(H,35,42)/b25-16+. The van der Waals surface area contributed by atoms with Crippen molar-refractivity contribution >= 4 is 29.3 Å². The lowest BCUT2D eigenvalue weighted by Crippen LogP contribution is -2.32. The van der Waals surface area contributed by atoms with Gasteiger partial charge in [0.15, 0.2) is 16.6 Å². The van der Waals surface area contributed by atoms with E-state index in [9.17, 15) is 18.0 Å². The highest BCUT2D eigenvalue weighted by atomic mass is 32.1. The quantitative estimate of drug-likeness (QED) is 0.191. The van der Waals surface area contributed by atoms with E-state index in [1.54, 1.807) is 24.3 Å². The van der Waals surface area contributed by atoms with Crippen LogP contribution in [-0.4, -0.2) is 42.8 Å². The zero-order valence-electron chi connectivity index (χ0n) is 23.4. The second kappa shape index (κ2) is 13.6. The smallest absolute Gasteiger partial charge is 0.416 e. The third-order valence-electron chi connectivity index (χ3n) is 6.37. The van der Waals surface area contributed by atoms with Crippen molar-refractivity contribution in [1.82, 2.24) is 10.2 Å². The first kappa shape index (κ1) is 30.7. The van der Waals surface area contributed by atoms with Gasteiger partial charge in [-0.1, -0.05) is 18.2 Å². The number of halogens is 3. The highest BCUT2D eigenvalue weighted by molar-refractivity contribution is 7.80. The van der Waals surface area contributed by atoms with Gasteiger partial charge in [-0.3, -0.25) is 9.69 Å². The third-order valence-corrected chi connectivity index (χ3v) is 6.69. The maximum atomic E-state index is 13.2. The molecule has 1 saturated heterocycles. The average Bonchev–Trinajstić information content (AvgIpc) is 3.23. The van der Waals surface area contributed by atoms with E-state index in [4.69, 9.17) is 31.2 Å². The highest BCUT2D eigenvalue weighted by Crippen LogP contribution is 2.32. The number of alkyl halides is 3. The molecule has 1 amide bonds. The minimum atomic E-state index is -4.47. The van der Waals surface area contributed by atoms with Crippen molar-refractivity contribution in [2.75, 3.05) is 26.9 Å². The Morgan fingerprint density at radius 1 is 0.929 bits per heavy atom. The third kappa shape index (κ3) is 7.52. The molecule has 0 saturated carbocycles. The SMILES string of the molecule is CCOc1ccc(CCN2C(=O)/C(=C\c3ccc(OC)c(COc4cccc(C(F)(F)F)c4)c3)NC2=S)cc1OCC. The van der Waals surface area contributed by atoms with Crippen molar-refractivity contribution in [2.45, 2.75) is 33.1 Å².